The van der Waals surface area contributed by atoms with Gasteiger partial charge in [0, 0.05) is 10.6 Å². The standard InChI is InChI=1S/C19H14ClF3N4O3/c1-30-14-7-5-11(6-8-14)17(28)25-26-18(29)15-10-24-27(16(15)19(21,22)23)13-4-2-3-12(20)9-13/h2-10H,1H3,(H,25,28)(H,26,29). The van der Waals surface area contributed by atoms with Crippen molar-refractivity contribution >= 4 is 23.4 Å². The third kappa shape index (κ3) is 4.54. The van der Waals surface area contributed by atoms with Crippen LogP contribution in [-0.2, 0) is 6.18 Å². The number of nitrogens with one attached hydrogen (secondary N) is 2. The van der Waals surface area contributed by atoms with Gasteiger partial charge in [0.15, 0.2) is 5.69 Å². The maximum Gasteiger partial charge on any atom is 0.434 e. The highest BCUT2D eigenvalue weighted by Crippen LogP contribution is 2.34. The number of methoxy groups -OCH3 is 1. The summed E-state index contributed by atoms with van der Waals surface area (Å²) in [6, 6.07) is 11.5. The Labute approximate surface area is 173 Å². The van der Waals surface area contributed by atoms with Crippen LogP contribution < -0.4 is 15.6 Å². The Morgan fingerprint density at radius 3 is 2.33 bits per heavy atom. The number of aromatic nitrogens is 2. The Hall–Kier alpha value is -3.53. The third-order valence-corrected chi connectivity index (χ3v) is 4.21. The molecule has 3 aromatic rings. The molecule has 2 N–H and O–H groups in total. The zero-order chi connectivity index (χ0) is 21.9. The predicted octanol–water partition coefficient (Wildman–Crippen LogP) is 3.63. The number of carbonyl (C=O) groups is 2. The normalized spacial score (nSPS) is 11.1. The number of halogens is 4. The molecule has 30 heavy (non-hydrogen) atoms. The fraction of sp³-hybridized carbons (Fsp3) is 0.105. The molecule has 0 aliphatic carbocycles. The van der Waals surface area contributed by atoms with Crippen LogP contribution in [-0.4, -0.2) is 28.7 Å². The van der Waals surface area contributed by atoms with Crippen molar-refractivity contribution in [1.82, 2.24) is 20.6 Å². The van der Waals surface area contributed by atoms with Crippen molar-refractivity contribution in [3.63, 3.8) is 0 Å². The number of ether oxygens (including phenoxy) is 1. The Morgan fingerprint density at radius 2 is 1.73 bits per heavy atom. The second-order valence-corrected chi connectivity index (χ2v) is 6.37. The zero-order valence-corrected chi connectivity index (χ0v) is 16.1. The van der Waals surface area contributed by atoms with Gasteiger partial charge in [0.1, 0.15) is 5.75 Å². The minimum absolute atomic E-state index is 0.0242. The maximum atomic E-state index is 13.7. The smallest absolute Gasteiger partial charge is 0.434 e. The van der Waals surface area contributed by atoms with Gasteiger partial charge in [0.05, 0.1) is 24.6 Å². The minimum atomic E-state index is -4.90. The number of nitrogens with zero attached hydrogens (tertiary/aromatic N) is 2. The number of amides is 2. The molecule has 0 aliphatic rings. The molecular formula is C19H14ClF3N4O3. The largest absolute Gasteiger partial charge is 0.497 e. The lowest BCUT2D eigenvalue weighted by Crippen LogP contribution is -2.42. The lowest BCUT2D eigenvalue weighted by Gasteiger charge is -2.13. The van der Waals surface area contributed by atoms with E-state index >= 15 is 0 Å². The van der Waals surface area contributed by atoms with E-state index in [1.165, 1.54) is 55.6 Å². The number of alkyl halides is 3. The van der Waals surface area contributed by atoms with Crippen LogP contribution in [0.15, 0.2) is 54.7 Å². The van der Waals surface area contributed by atoms with Gasteiger partial charge >= 0.3 is 6.18 Å². The molecule has 1 heterocycles. The van der Waals surface area contributed by atoms with E-state index in [1.807, 2.05) is 5.43 Å². The minimum Gasteiger partial charge on any atom is -0.497 e. The first-order valence-electron chi connectivity index (χ1n) is 8.36. The van der Waals surface area contributed by atoms with Crippen LogP contribution in [0.4, 0.5) is 13.2 Å². The highest BCUT2D eigenvalue weighted by atomic mass is 35.5. The molecule has 0 aliphatic heterocycles. The van der Waals surface area contributed by atoms with Crippen LogP contribution in [0.3, 0.4) is 0 Å². The molecule has 7 nitrogen and oxygen atoms in total. The molecule has 0 spiro atoms. The van der Waals surface area contributed by atoms with Gasteiger partial charge in [-0.25, -0.2) is 4.68 Å². The fourth-order valence-corrected chi connectivity index (χ4v) is 2.77. The number of carbonyl (C=O) groups excluding carboxylic acids is 2. The van der Waals surface area contributed by atoms with Crippen molar-refractivity contribution in [2.24, 2.45) is 0 Å². The Balaban J connectivity index is 1.82. The summed E-state index contributed by atoms with van der Waals surface area (Å²) in [7, 11) is 1.46. The molecule has 1 aromatic heterocycles. The molecule has 0 saturated carbocycles. The van der Waals surface area contributed by atoms with E-state index in [9.17, 15) is 22.8 Å². The second kappa shape index (κ2) is 8.46. The average Bonchev–Trinajstić information content (AvgIpc) is 3.18. The summed E-state index contributed by atoms with van der Waals surface area (Å²) in [5.74, 6) is -1.39. The molecule has 2 amide bonds. The first-order valence-corrected chi connectivity index (χ1v) is 8.74. The van der Waals surface area contributed by atoms with E-state index in [0.29, 0.717) is 10.4 Å². The van der Waals surface area contributed by atoms with E-state index in [0.717, 1.165) is 6.20 Å². The monoisotopic (exact) mass is 438 g/mol. The summed E-state index contributed by atoms with van der Waals surface area (Å²) < 4.78 is 46.5. The number of hydrogen-bond donors (Lipinski definition) is 2. The predicted molar refractivity (Wildman–Crippen MR) is 102 cm³/mol. The van der Waals surface area contributed by atoms with E-state index in [1.54, 1.807) is 0 Å². The van der Waals surface area contributed by atoms with Gasteiger partial charge in [-0.05, 0) is 42.5 Å². The van der Waals surface area contributed by atoms with Gasteiger partial charge in [0.2, 0.25) is 0 Å². The van der Waals surface area contributed by atoms with Crippen LogP contribution in [0.1, 0.15) is 26.4 Å². The fourth-order valence-electron chi connectivity index (χ4n) is 2.59. The van der Waals surface area contributed by atoms with Crippen molar-refractivity contribution in [2.45, 2.75) is 6.18 Å². The van der Waals surface area contributed by atoms with Crippen LogP contribution >= 0.6 is 11.6 Å². The number of benzene rings is 2. The summed E-state index contributed by atoms with van der Waals surface area (Å²) in [5.41, 5.74) is 2.15. The lowest BCUT2D eigenvalue weighted by atomic mass is 10.2. The van der Waals surface area contributed by atoms with E-state index < -0.39 is 29.2 Å². The first-order chi connectivity index (χ1) is 14.2. The first kappa shape index (κ1) is 21.2. The van der Waals surface area contributed by atoms with Crippen molar-refractivity contribution < 1.29 is 27.5 Å². The Kier molecular flexibility index (Phi) is 5.97. The number of rotatable bonds is 4. The molecule has 0 atom stereocenters. The molecule has 0 radical (unpaired) electrons. The van der Waals surface area contributed by atoms with Gasteiger partial charge in [0.25, 0.3) is 11.8 Å². The van der Waals surface area contributed by atoms with Crippen molar-refractivity contribution in [2.75, 3.05) is 7.11 Å². The highest BCUT2D eigenvalue weighted by molar-refractivity contribution is 6.30. The molecule has 0 unspecified atom stereocenters. The second-order valence-electron chi connectivity index (χ2n) is 5.93. The summed E-state index contributed by atoms with van der Waals surface area (Å²) >= 11 is 5.84. The summed E-state index contributed by atoms with van der Waals surface area (Å²) in [4.78, 5) is 24.4. The average molecular weight is 439 g/mol. The molecule has 2 aromatic carbocycles. The topological polar surface area (TPSA) is 85.2 Å². The van der Waals surface area contributed by atoms with Gasteiger partial charge in [-0.3, -0.25) is 20.4 Å². The number of hydrazine groups is 1. The molecule has 0 saturated heterocycles. The van der Waals surface area contributed by atoms with Crippen LogP contribution in [0.2, 0.25) is 5.02 Å². The molecular weight excluding hydrogens is 425 g/mol. The van der Waals surface area contributed by atoms with Crippen LogP contribution in [0, 0.1) is 0 Å². The van der Waals surface area contributed by atoms with Crippen molar-refractivity contribution in [3.8, 4) is 11.4 Å². The molecule has 0 bridgehead atoms. The molecule has 156 valence electrons. The van der Waals surface area contributed by atoms with Gasteiger partial charge < -0.3 is 4.74 Å². The Morgan fingerprint density at radius 1 is 1.07 bits per heavy atom. The molecule has 11 heteroatoms. The van der Waals surface area contributed by atoms with E-state index in [4.69, 9.17) is 16.3 Å². The quantitative estimate of drug-likeness (QED) is 0.609. The van der Waals surface area contributed by atoms with Crippen LogP contribution in [0.25, 0.3) is 5.69 Å². The Bertz CT molecular complexity index is 1080. The summed E-state index contributed by atoms with van der Waals surface area (Å²) in [6.45, 7) is 0. The van der Waals surface area contributed by atoms with E-state index in [2.05, 4.69) is 10.5 Å². The van der Waals surface area contributed by atoms with Crippen molar-refractivity contribution in [1.29, 1.82) is 0 Å². The summed E-state index contributed by atoms with van der Waals surface area (Å²) in [6.07, 6.45) is -4.13. The van der Waals surface area contributed by atoms with Gasteiger partial charge in [-0.15, -0.1) is 0 Å². The van der Waals surface area contributed by atoms with Crippen molar-refractivity contribution in [3.05, 3.63) is 76.6 Å². The number of hydrogen-bond acceptors (Lipinski definition) is 4. The maximum absolute atomic E-state index is 13.7. The third-order valence-electron chi connectivity index (χ3n) is 3.98. The SMILES string of the molecule is COc1ccc(C(=O)NNC(=O)c2cnn(-c3cccc(Cl)c3)c2C(F)(F)F)cc1. The highest BCUT2D eigenvalue weighted by Gasteiger charge is 2.40. The van der Waals surface area contributed by atoms with Crippen LogP contribution in [0.5, 0.6) is 5.75 Å². The zero-order valence-electron chi connectivity index (χ0n) is 15.3. The molecule has 0 fully saturated rings. The molecule has 3 rings (SSSR count). The van der Waals surface area contributed by atoms with E-state index in [-0.39, 0.29) is 16.3 Å². The summed E-state index contributed by atoms with van der Waals surface area (Å²) in [5, 5.41) is 3.87. The van der Waals surface area contributed by atoms with Gasteiger partial charge in [-0.2, -0.15) is 18.3 Å². The van der Waals surface area contributed by atoms with Gasteiger partial charge in [-0.1, -0.05) is 17.7 Å². The lowest BCUT2D eigenvalue weighted by molar-refractivity contribution is -0.143.